The van der Waals surface area contributed by atoms with Crippen LogP contribution in [0.1, 0.15) is 36.8 Å². The first-order valence-corrected chi connectivity index (χ1v) is 12.8. The average molecular weight is 548 g/mol. The van der Waals surface area contributed by atoms with Crippen molar-refractivity contribution >= 4 is 29.1 Å². The molecular formula is C28H22FN3O6S. The van der Waals surface area contributed by atoms with Crippen molar-refractivity contribution in [2.45, 2.75) is 26.8 Å². The number of aryl methyl sites for hydroxylation is 1. The topological polar surface area (TPSA) is 117 Å². The molecule has 0 N–H and O–H groups in total. The predicted molar refractivity (Wildman–Crippen MR) is 142 cm³/mol. The number of furan rings is 1. The number of esters is 1. The van der Waals surface area contributed by atoms with Crippen LogP contribution in [0.25, 0.3) is 17.4 Å². The van der Waals surface area contributed by atoms with E-state index < -0.39 is 28.3 Å². The van der Waals surface area contributed by atoms with Crippen LogP contribution in [0.4, 0.5) is 10.1 Å². The first kappa shape index (κ1) is 26.0. The molecule has 0 aliphatic carbocycles. The molecule has 3 heterocycles. The molecule has 11 heteroatoms. The smallest absolute Gasteiger partial charge is 0.338 e. The quantitative estimate of drug-likeness (QED) is 0.201. The summed E-state index contributed by atoms with van der Waals surface area (Å²) in [5.74, 6) is -0.275. The van der Waals surface area contributed by atoms with Crippen molar-refractivity contribution in [2.75, 3.05) is 6.61 Å². The maximum Gasteiger partial charge on any atom is 0.338 e. The van der Waals surface area contributed by atoms with Crippen molar-refractivity contribution in [3.8, 4) is 11.3 Å². The van der Waals surface area contributed by atoms with Gasteiger partial charge in [-0.15, -0.1) is 0 Å². The lowest BCUT2D eigenvalue weighted by atomic mass is 9.96. The number of carbonyl (C=O) groups excluding carboxylic acids is 1. The number of nitro groups is 1. The second-order valence-corrected chi connectivity index (χ2v) is 9.82. The van der Waals surface area contributed by atoms with Crippen LogP contribution in [-0.4, -0.2) is 22.1 Å². The zero-order chi connectivity index (χ0) is 27.8. The summed E-state index contributed by atoms with van der Waals surface area (Å²) in [5.41, 5.74) is 2.02. The van der Waals surface area contributed by atoms with E-state index >= 15 is 0 Å². The molecule has 9 nitrogen and oxygen atoms in total. The normalized spacial score (nSPS) is 15.2. The Morgan fingerprint density at radius 3 is 2.64 bits per heavy atom. The number of benzene rings is 2. The van der Waals surface area contributed by atoms with E-state index in [0.717, 1.165) is 16.9 Å². The zero-order valence-corrected chi connectivity index (χ0v) is 22.0. The average Bonchev–Trinajstić information content (AvgIpc) is 3.48. The molecule has 1 aliphatic rings. The summed E-state index contributed by atoms with van der Waals surface area (Å²) in [7, 11) is 0. The minimum absolute atomic E-state index is 0.0598. The Balaban J connectivity index is 1.62. The molecule has 0 saturated carbocycles. The standard InChI is InChI=1S/C28H22FN3O6S/c1-4-37-27(34)24-16(3)30-28-31(25(24)17-6-8-18(29)9-7-17)26(33)23(39-28)14-20-11-12-22(38-20)21-13-19(32(35)36)10-5-15(21)2/h5-14,25H,4H2,1-3H3/b23-14-/t25-/m1/s1. The third kappa shape index (κ3) is 4.84. The molecule has 1 aliphatic heterocycles. The van der Waals surface area contributed by atoms with Crippen molar-refractivity contribution in [1.29, 1.82) is 0 Å². The van der Waals surface area contributed by atoms with Gasteiger partial charge in [-0.05, 0) is 56.2 Å². The fourth-order valence-electron chi connectivity index (χ4n) is 4.45. The molecule has 4 aromatic rings. The fourth-order valence-corrected chi connectivity index (χ4v) is 5.47. The number of hydrogen-bond donors (Lipinski definition) is 0. The van der Waals surface area contributed by atoms with Gasteiger partial charge in [-0.25, -0.2) is 14.2 Å². The van der Waals surface area contributed by atoms with Crippen molar-refractivity contribution in [3.05, 3.63) is 118 Å². The highest BCUT2D eigenvalue weighted by Gasteiger charge is 2.33. The van der Waals surface area contributed by atoms with Crippen LogP contribution >= 0.6 is 11.3 Å². The SMILES string of the molecule is CCOC(=O)C1=C(C)N=c2s/c(=C\c3ccc(-c4cc([N+](=O)[O-])ccc4C)o3)c(=O)n2[C@@H]1c1ccc(F)cc1. The van der Waals surface area contributed by atoms with Crippen molar-refractivity contribution < 1.29 is 23.3 Å². The molecule has 198 valence electrons. The van der Waals surface area contributed by atoms with E-state index in [4.69, 9.17) is 9.15 Å². The monoisotopic (exact) mass is 547 g/mol. The number of nitrogens with zero attached hydrogens (tertiary/aromatic N) is 3. The van der Waals surface area contributed by atoms with Gasteiger partial charge < -0.3 is 9.15 Å². The van der Waals surface area contributed by atoms with E-state index in [1.807, 2.05) is 6.92 Å². The molecule has 0 amide bonds. The van der Waals surface area contributed by atoms with Gasteiger partial charge in [0, 0.05) is 23.8 Å². The van der Waals surface area contributed by atoms with Crippen molar-refractivity contribution in [1.82, 2.24) is 4.57 Å². The molecule has 0 unspecified atom stereocenters. The molecular weight excluding hydrogens is 525 g/mol. The Morgan fingerprint density at radius 2 is 1.95 bits per heavy atom. The van der Waals surface area contributed by atoms with E-state index in [1.165, 1.54) is 41.0 Å². The van der Waals surface area contributed by atoms with Crippen LogP contribution < -0.4 is 14.9 Å². The number of fused-ring (bicyclic) bond motifs is 1. The lowest BCUT2D eigenvalue weighted by Crippen LogP contribution is -2.39. The van der Waals surface area contributed by atoms with Crippen molar-refractivity contribution in [2.24, 2.45) is 4.99 Å². The minimum Gasteiger partial charge on any atom is -0.463 e. The maximum atomic E-state index is 13.7. The number of aromatic nitrogens is 1. The summed E-state index contributed by atoms with van der Waals surface area (Å²) >= 11 is 1.12. The molecule has 0 radical (unpaired) electrons. The van der Waals surface area contributed by atoms with E-state index in [1.54, 1.807) is 38.1 Å². The van der Waals surface area contributed by atoms with Gasteiger partial charge >= 0.3 is 5.97 Å². The third-order valence-corrected chi connectivity index (χ3v) is 7.28. The van der Waals surface area contributed by atoms with Gasteiger partial charge in [-0.1, -0.05) is 29.5 Å². The van der Waals surface area contributed by atoms with Gasteiger partial charge in [-0.2, -0.15) is 0 Å². The Kier molecular flexibility index (Phi) is 6.83. The largest absolute Gasteiger partial charge is 0.463 e. The Hall–Kier alpha value is -4.64. The van der Waals surface area contributed by atoms with Gasteiger partial charge in [0.2, 0.25) is 0 Å². The Morgan fingerprint density at radius 1 is 1.21 bits per heavy atom. The molecule has 39 heavy (non-hydrogen) atoms. The number of rotatable bonds is 6. The molecule has 2 aromatic heterocycles. The van der Waals surface area contributed by atoms with E-state index in [9.17, 15) is 24.1 Å². The van der Waals surface area contributed by atoms with Crippen molar-refractivity contribution in [3.63, 3.8) is 0 Å². The molecule has 5 rings (SSSR count). The first-order chi connectivity index (χ1) is 18.7. The maximum absolute atomic E-state index is 13.7. The number of ether oxygens (including phenoxy) is 1. The summed E-state index contributed by atoms with van der Waals surface area (Å²) < 4.78 is 26.6. The van der Waals surface area contributed by atoms with Crippen LogP contribution in [0, 0.1) is 22.9 Å². The first-order valence-electron chi connectivity index (χ1n) is 12.0. The second-order valence-electron chi connectivity index (χ2n) is 8.81. The number of thiazole rings is 1. The highest BCUT2D eigenvalue weighted by atomic mass is 32.1. The van der Waals surface area contributed by atoms with Gasteiger partial charge in [0.1, 0.15) is 17.3 Å². The lowest BCUT2D eigenvalue weighted by Gasteiger charge is -2.24. The number of allylic oxidation sites excluding steroid dienone is 1. The molecule has 0 fully saturated rings. The summed E-state index contributed by atoms with van der Waals surface area (Å²) in [5, 5.41) is 11.2. The lowest BCUT2D eigenvalue weighted by molar-refractivity contribution is -0.384. The number of carbonyl (C=O) groups is 1. The van der Waals surface area contributed by atoms with E-state index in [-0.39, 0.29) is 17.9 Å². The Labute approximate surface area is 225 Å². The zero-order valence-electron chi connectivity index (χ0n) is 21.1. The number of halogens is 1. The van der Waals surface area contributed by atoms with Crippen LogP contribution in [0.5, 0.6) is 0 Å². The van der Waals surface area contributed by atoms with E-state index in [2.05, 4.69) is 4.99 Å². The Bertz CT molecular complexity index is 1830. The summed E-state index contributed by atoms with van der Waals surface area (Å²) in [6, 6.07) is 12.6. The summed E-state index contributed by atoms with van der Waals surface area (Å²) in [4.78, 5) is 42.2. The van der Waals surface area contributed by atoms with Crippen LogP contribution in [0.15, 0.2) is 80.1 Å². The van der Waals surface area contributed by atoms with Gasteiger partial charge in [-0.3, -0.25) is 19.5 Å². The highest BCUT2D eigenvalue weighted by molar-refractivity contribution is 7.07. The predicted octanol–water partition coefficient (Wildman–Crippen LogP) is 4.41. The number of hydrogen-bond acceptors (Lipinski definition) is 8. The van der Waals surface area contributed by atoms with Crippen LogP contribution in [-0.2, 0) is 9.53 Å². The molecule has 2 aromatic carbocycles. The third-order valence-electron chi connectivity index (χ3n) is 6.30. The molecule has 0 bridgehead atoms. The minimum atomic E-state index is -0.859. The molecule has 1 atom stereocenters. The summed E-state index contributed by atoms with van der Waals surface area (Å²) in [6.07, 6.45) is 1.56. The van der Waals surface area contributed by atoms with E-state index in [0.29, 0.717) is 37.7 Å². The molecule has 0 spiro atoms. The van der Waals surface area contributed by atoms with Gasteiger partial charge in [0.25, 0.3) is 11.2 Å². The van der Waals surface area contributed by atoms with Gasteiger partial charge in [0.05, 0.1) is 33.4 Å². The second kappa shape index (κ2) is 10.3. The van der Waals surface area contributed by atoms with Gasteiger partial charge in [0.15, 0.2) is 4.80 Å². The highest BCUT2D eigenvalue weighted by Crippen LogP contribution is 2.31. The summed E-state index contributed by atoms with van der Waals surface area (Å²) in [6.45, 7) is 5.31. The fraction of sp³-hybridized carbons (Fsp3) is 0.179. The number of non-ortho nitro benzene ring substituents is 1. The van der Waals surface area contributed by atoms with Crippen LogP contribution in [0.2, 0.25) is 0 Å². The number of nitro benzene ring substituents is 1. The van der Waals surface area contributed by atoms with Crippen LogP contribution in [0.3, 0.4) is 0 Å². The molecule has 0 saturated heterocycles.